The van der Waals surface area contributed by atoms with E-state index in [1.165, 1.54) is 6.07 Å². The number of nitro groups is 1. The van der Waals surface area contributed by atoms with Crippen molar-refractivity contribution >= 4 is 17.3 Å². The molecule has 2 N–H and O–H groups in total. The Labute approximate surface area is 111 Å². The van der Waals surface area contributed by atoms with Gasteiger partial charge in [-0.2, -0.15) is 0 Å². The number of benzene rings is 1. The van der Waals surface area contributed by atoms with Gasteiger partial charge in [0.1, 0.15) is 5.02 Å². The third-order valence-electron chi connectivity index (χ3n) is 3.36. The van der Waals surface area contributed by atoms with Crippen molar-refractivity contribution in [3.05, 3.63) is 38.9 Å². The molecule has 98 valence electrons. The van der Waals surface area contributed by atoms with Crippen molar-refractivity contribution in [2.45, 2.75) is 19.5 Å². The molecule has 0 aliphatic carbocycles. The second-order valence-electron chi connectivity index (χ2n) is 4.88. The smallest absolute Gasteiger partial charge is 0.287 e. The summed E-state index contributed by atoms with van der Waals surface area (Å²) >= 11 is 5.88. The van der Waals surface area contributed by atoms with Crippen LogP contribution >= 0.6 is 11.6 Å². The second kappa shape index (κ2) is 5.22. The lowest BCUT2D eigenvalue weighted by Crippen LogP contribution is -2.28. The van der Waals surface area contributed by atoms with Gasteiger partial charge in [-0.3, -0.25) is 15.0 Å². The third-order valence-corrected chi connectivity index (χ3v) is 3.66. The van der Waals surface area contributed by atoms with Gasteiger partial charge in [-0.1, -0.05) is 24.6 Å². The van der Waals surface area contributed by atoms with Crippen LogP contribution < -0.4 is 5.73 Å². The van der Waals surface area contributed by atoms with E-state index in [0.717, 1.165) is 25.2 Å². The van der Waals surface area contributed by atoms with Gasteiger partial charge in [0, 0.05) is 31.7 Å². The molecule has 6 heteroatoms. The minimum Gasteiger partial charge on any atom is -0.326 e. The van der Waals surface area contributed by atoms with E-state index in [2.05, 4.69) is 11.8 Å². The van der Waals surface area contributed by atoms with Gasteiger partial charge in [-0.05, 0) is 17.5 Å². The first-order valence-electron chi connectivity index (χ1n) is 5.88. The molecule has 0 aromatic heterocycles. The number of nitrogens with zero attached hydrogens (tertiary/aromatic N) is 2. The molecule has 1 fully saturated rings. The Balaban J connectivity index is 2.07. The van der Waals surface area contributed by atoms with Crippen LogP contribution in [0.4, 0.5) is 5.69 Å². The van der Waals surface area contributed by atoms with E-state index in [4.69, 9.17) is 17.3 Å². The zero-order chi connectivity index (χ0) is 13.3. The third kappa shape index (κ3) is 2.80. The standard InChI is InChI=1S/C12H16ClN3O2/c1-8-5-15(7-11(8)14)6-9-2-3-12(16(17)18)10(13)4-9/h2-4,8,11H,5-7,14H2,1H3. The predicted molar refractivity (Wildman–Crippen MR) is 70.5 cm³/mol. The second-order valence-corrected chi connectivity index (χ2v) is 5.29. The van der Waals surface area contributed by atoms with Crippen molar-refractivity contribution in [1.82, 2.24) is 4.90 Å². The topological polar surface area (TPSA) is 72.4 Å². The van der Waals surface area contributed by atoms with Crippen LogP contribution in [0.1, 0.15) is 12.5 Å². The van der Waals surface area contributed by atoms with Crippen LogP contribution in [0.5, 0.6) is 0 Å². The minimum atomic E-state index is -0.472. The van der Waals surface area contributed by atoms with Crippen LogP contribution in [-0.4, -0.2) is 29.0 Å². The Morgan fingerprint density at radius 1 is 1.56 bits per heavy atom. The molecule has 2 rings (SSSR count). The molecule has 1 saturated heterocycles. The lowest BCUT2D eigenvalue weighted by Gasteiger charge is -2.15. The molecule has 1 aromatic carbocycles. The minimum absolute atomic E-state index is 0.0492. The molecular weight excluding hydrogens is 254 g/mol. The van der Waals surface area contributed by atoms with Gasteiger partial charge in [-0.25, -0.2) is 0 Å². The number of hydrogen-bond acceptors (Lipinski definition) is 4. The first-order chi connectivity index (χ1) is 8.47. The number of rotatable bonds is 3. The highest BCUT2D eigenvalue weighted by molar-refractivity contribution is 6.32. The lowest BCUT2D eigenvalue weighted by atomic mass is 10.1. The normalized spacial score (nSPS) is 24.4. The molecule has 2 atom stereocenters. The van der Waals surface area contributed by atoms with Gasteiger partial charge >= 0.3 is 0 Å². The van der Waals surface area contributed by atoms with E-state index >= 15 is 0 Å². The van der Waals surface area contributed by atoms with E-state index in [1.807, 2.05) is 0 Å². The quantitative estimate of drug-likeness (QED) is 0.673. The van der Waals surface area contributed by atoms with Gasteiger partial charge < -0.3 is 5.73 Å². The fourth-order valence-corrected chi connectivity index (χ4v) is 2.55. The fourth-order valence-electron chi connectivity index (χ4n) is 2.28. The van der Waals surface area contributed by atoms with Gasteiger partial charge in [0.15, 0.2) is 0 Å². The van der Waals surface area contributed by atoms with Crippen LogP contribution in [0, 0.1) is 16.0 Å². The zero-order valence-electron chi connectivity index (χ0n) is 10.2. The Morgan fingerprint density at radius 2 is 2.28 bits per heavy atom. The molecule has 18 heavy (non-hydrogen) atoms. The summed E-state index contributed by atoms with van der Waals surface area (Å²) in [6.07, 6.45) is 0. The average Bonchev–Trinajstić information content (AvgIpc) is 2.57. The number of hydrogen-bond donors (Lipinski definition) is 1. The largest absolute Gasteiger partial charge is 0.326 e. The first kappa shape index (κ1) is 13.3. The lowest BCUT2D eigenvalue weighted by molar-refractivity contribution is -0.384. The van der Waals surface area contributed by atoms with E-state index in [1.54, 1.807) is 12.1 Å². The molecule has 1 aliphatic heterocycles. The maximum absolute atomic E-state index is 10.7. The Bertz CT molecular complexity index is 457. The molecule has 0 radical (unpaired) electrons. The van der Waals surface area contributed by atoms with Gasteiger partial charge in [0.25, 0.3) is 5.69 Å². The summed E-state index contributed by atoms with van der Waals surface area (Å²) in [7, 11) is 0. The summed E-state index contributed by atoms with van der Waals surface area (Å²) in [5.41, 5.74) is 6.89. The highest BCUT2D eigenvalue weighted by Gasteiger charge is 2.26. The monoisotopic (exact) mass is 269 g/mol. The molecule has 5 nitrogen and oxygen atoms in total. The summed E-state index contributed by atoms with van der Waals surface area (Å²) in [6.45, 7) is 4.68. The zero-order valence-corrected chi connectivity index (χ0v) is 10.9. The molecule has 0 amide bonds. The molecule has 0 saturated carbocycles. The van der Waals surface area contributed by atoms with E-state index in [0.29, 0.717) is 5.92 Å². The highest BCUT2D eigenvalue weighted by Crippen LogP contribution is 2.26. The van der Waals surface area contributed by atoms with Gasteiger partial charge in [0.2, 0.25) is 0 Å². The summed E-state index contributed by atoms with van der Waals surface area (Å²) in [5, 5.41) is 10.8. The van der Waals surface area contributed by atoms with Gasteiger partial charge in [0.05, 0.1) is 4.92 Å². The summed E-state index contributed by atoms with van der Waals surface area (Å²) in [5.74, 6) is 0.485. The summed E-state index contributed by atoms with van der Waals surface area (Å²) in [6, 6.07) is 5.07. The SMILES string of the molecule is CC1CN(Cc2ccc([N+](=O)[O-])c(Cl)c2)CC1N. The number of nitrogens with two attached hydrogens (primary N) is 1. The molecule has 1 aromatic rings. The highest BCUT2D eigenvalue weighted by atomic mass is 35.5. The van der Waals surface area contributed by atoms with Crippen molar-refractivity contribution in [3.63, 3.8) is 0 Å². The molecule has 1 heterocycles. The molecule has 0 spiro atoms. The molecule has 1 aliphatic rings. The molecular formula is C12H16ClN3O2. The summed E-state index contributed by atoms with van der Waals surface area (Å²) in [4.78, 5) is 12.4. The van der Waals surface area contributed by atoms with E-state index < -0.39 is 4.92 Å². The van der Waals surface area contributed by atoms with Crippen molar-refractivity contribution in [2.24, 2.45) is 11.7 Å². The predicted octanol–water partition coefficient (Wildman–Crippen LogP) is 2.03. The van der Waals surface area contributed by atoms with Gasteiger partial charge in [-0.15, -0.1) is 0 Å². The van der Waals surface area contributed by atoms with Crippen LogP contribution in [0.2, 0.25) is 5.02 Å². The number of nitro benzene ring substituents is 1. The van der Waals surface area contributed by atoms with Crippen LogP contribution in [0.25, 0.3) is 0 Å². The van der Waals surface area contributed by atoms with Crippen LogP contribution in [0.15, 0.2) is 18.2 Å². The van der Waals surface area contributed by atoms with Crippen molar-refractivity contribution in [2.75, 3.05) is 13.1 Å². The average molecular weight is 270 g/mol. The fraction of sp³-hybridized carbons (Fsp3) is 0.500. The van der Waals surface area contributed by atoms with Crippen molar-refractivity contribution in [3.8, 4) is 0 Å². The first-order valence-corrected chi connectivity index (χ1v) is 6.26. The van der Waals surface area contributed by atoms with Crippen molar-refractivity contribution in [1.29, 1.82) is 0 Å². The maximum atomic E-state index is 10.7. The number of halogens is 1. The Hall–Kier alpha value is -1.17. The number of likely N-dealkylation sites (tertiary alicyclic amines) is 1. The summed E-state index contributed by atoms with van der Waals surface area (Å²) < 4.78 is 0. The van der Waals surface area contributed by atoms with E-state index in [9.17, 15) is 10.1 Å². The van der Waals surface area contributed by atoms with Crippen LogP contribution in [-0.2, 0) is 6.54 Å². The molecule has 0 bridgehead atoms. The Kier molecular flexibility index (Phi) is 3.85. The Morgan fingerprint density at radius 3 is 2.78 bits per heavy atom. The van der Waals surface area contributed by atoms with E-state index in [-0.39, 0.29) is 16.8 Å². The van der Waals surface area contributed by atoms with Crippen molar-refractivity contribution < 1.29 is 4.92 Å². The van der Waals surface area contributed by atoms with Crippen LogP contribution in [0.3, 0.4) is 0 Å². The maximum Gasteiger partial charge on any atom is 0.287 e. The molecule has 2 unspecified atom stereocenters.